The van der Waals surface area contributed by atoms with E-state index in [4.69, 9.17) is 23.2 Å². The van der Waals surface area contributed by atoms with Gasteiger partial charge < -0.3 is 4.90 Å². The van der Waals surface area contributed by atoms with Gasteiger partial charge in [-0.1, -0.05) is 29.3 Å². The summed E-state index contributed by atoms with van der Waals surface area (Å²) < 4.78 is 0. The summed E-state index contributed by atoms with van der Waals surface area (Å²) in [6, 6.07) is 7.49. The molecule has 0 saturated carbocycles. The fraction of sp³-hybridized carbons (Fsp3) is 0.267. The van der Waals surface area contributed by atoms with E-state index in [1.54, 1.807) is 29.5 Å². The standard InChI is InChI=1S/C15H13Cl2NOS2/c16-11-2-1-3-12(17)15(11)21-9-14(19)18-6-4-13-10(8-18)5-7-20-13/h1-3,5,7H,4,6,8-9H2. The molecule has 0 unspecified atom stereocenters. The van der Waals surface area contributed by atoms with Crippen LogP contribution in [-0.2, 0) is 17.8 Å². The van der Waals surface area contributed by atoms with Crippen molar-refractivity contribution >= 4 is 52.2 Å². The van der Waals surface area contributed by atoms with E-state index in [-0.39, 0.29) is 5.91 Å². The summed E-state index contributed by atoms with van der Waals surface area (Å²) in [4.78, 5) is 16.4. The number of amides is 1. The van der Waals surface area contributed by atoms with Gasteiger partial charge in [0.1, 0.15) is 0 Å². The van der Waals surface area contributed by atoms with Crippen LogP contribution in [0, 0.1) is 0 Å². The minimum Gasteiger partial charge on any atom is -0.337 e. The van der Waals surface area contributed by atoms with Gasteiger partial charge >= 0.3 is 0 Å². The molecule has 1 aromatic heterocycles. The zero-order valence-electron chi connectivity index (χ0n) is 11.1. The average molecular weight is 358 g/mol. The molecular formula is C15H13Cl2NOS2. The number of carbonyl (C=O) groups is 1. The molecule has 21 heavy (non-hydrogen) atoms. The summed E-state index contributed by atoms with van der Waals surface area (Å²) in [7, 11) is 0. The molecule has 0 atom stereocenters. The van der Waals surface area contributed by atoms with E-state index in [0.29, 0.717) is 22.3 Å². The second-order valence-electron chi connectivity index (χ2n) is 4.77. The number of nitrogens with zero attached hydrogens (tertiary/aromatic N) is 1. The number of halogens is 2. The summed E-state index contributed by atoms with van der Waals surface area (Å²) in [5.41, 5.74) is 1.28. The van der Waals surface area contributed by atoms with Gasteiger partial charge in [-0.15, -0.1) is 23.1 Å². The van der Waals surface area contributed by atoms with Crippen LogP contribution in [0.2, 0.25) is 10.0 Å². The molecule has 1 aromatic carbocycles. The van der Waals surface area contributed by atoms with Crippen molar-refractivity contribution in [3.05, 3.63) is 50.1 Å². The van der Waals surface area contributed by atoms with Gasteiger partial charge in [-0.2, -0.15) is 0 Å². The van der Waals surface area contributed by atoms with E-state index in [1.807, 2.05) is 4.90 Å². The van der Waals surface area contributed by atoms with E-state index >= 15 is 0 Å². The van der Waals surface area contributed by atoms with Gasteiger partial charge in [0.2, 0.25) is 5.91 Å². The van der Waals surface area contributed by atoms with Crippen LogP contribution in [0.15, 0.2) is 34.5 Å². The summed E-state index contributed by atoms with van der Waals surface area (Å²) >= 11 is 15.4. The molecule has 2 heterocycles. The third-order valence-corrected chi connectivity index (χ3v) is 6.42. The van der Waals surface area contributed by atoms with E-state index in [9.17, 15) is 4.79 Å². The number of carbonyl (C=O) groups excluding carboxylic acids is 1. The van der Waals surface area contributed by atoms with Crippen LogP contribution >= 0.6 is 46.3 Å². The van der Waals surface area contributed by atoms with Crippen molar-refractivity contribution < 1.29 is 4.79 Å². The van der Waals surface area contributed by atoms with Gasteiger partial charge in [-0.05, 0) is 35.6 Å². The summed E-state index contributed by atoms with van der Waals surface area (Å²) in [5.74, 6) is 0.496. The molecule has 0 aliphatic carbocycles. The smallest absolute Gasteiger partial charge is 0.233 e. The van der Waals surface area contributed by atoms with Crippen molar-refractivity contribution in [2.75, 3.05) is 12.3 Å². The molecule has 1 amide bonds. The Balaban J connectivity index is 1.63. The highest BCUT2D eigenvalue weighted by atomic mass is 35.5. The Morgan fingerprint density at radius 3 is 2.81 bits per heavy atom. The molecule has 2 aromatic rings. The minimum atomic E-state index is 0.132. The lowest BCUT2D eigenvalue weighted by Crippen LogP contribution is -2.36. The van der Waals surface area contributed by atoms with E-state index in [0.717, 1.165) is 17.9 Å². The molecule has 110 valence electrons. The number of hydrogen-bond acceptors (Lipinski definition) is 3. The molecule has 0 radical (unpaired) electrons. The van der Waals surface area contributed by atoms with Crippen molar-refractivity contribution in [2.45, 2.75) is 17.9 Å². The molecule has 0 bridgehead atoms. The SMILES string of the molecule is O=C(CSc1c(Cl)cccc1Cl)N1CCc2sccc2C1. The number of thioether (sulfide) groups is 1. The van der Waals surface area contributed by atoms with E-state index in [1.165, 1.54) is 22.2 Å². The van der Waals surface area contributed by atoms with Crippen molar-refractivity contribution in [3.63, 3.8) is 0 Å². The monoisotopic (exact) mass is 357 g/mol. The van der Waals surface area contributed by atoms with Crippen LogP contribution in [-0.4, -0.2) is 23.1 Å². The van der Waals surface area contributed by atoms with Crippen LogP contribution in [0.5, 0.6) is 0 Å². The van der Waals surface area contributed by atoms with Crippen molar-refractivity contribution in [3.8, 4) is 0 Å². The average Bonchev–Trinajstić information content (AvgIpc) is 2.93. The Bertz CT molecular complexity index is 651. The third kappa shape index (κ3) is 3.39. The van der Waals surface area contributed by atoms with Gasteiger partial charge in [0.15, 0.2) is 0 Å². The Kier molecular flexibility index (Phi) is 4.79. The maximum absolute atomic E-state index is 12.3. The van der Waals surface area contributed by atoms with Gasteiger partial charge in [-0.25, -0.2) is 0 Å². The largest absolute Gasteiger partial charge is 0.337 e. The van der Waals surface area contributed by atoms with Crippen molar-refractivity contribution in [1.29, 1.82) is 0 Å². The molecule has 1 aliphatic heterocycles. The molecule has 0 fully saturated rings. The molecule has 2 nitrogen and oxygen atoms in total. The van der Waals surface area contributed by atoms with Crippen molar-refractivity contribution in [2.24, 2.45) is 0 Å². The summed E-state index contributed by atoms with van der Waals surface area (Å²) in [5, 5.41) is 3.29. The first-order valence-electron chi connectivity index (χ1n) is 6.55. The predicted octanol–water partition coefficient (Wildman–Crippen LogP) is 4.73. The highest BCUT2D eigenvalue weighted by molar-refractivity contribution is 8.00. The van der Waals surface area contributed by atoms with Gasteiger partial charge in [-0.3, -0.25) is 4.79 Å². The van der Waals surface area contributed by atoms with Gasteiger partial charge in [0.05, 0.1) is 15.8 Å². The molecule has 3 rings (SSSR count). The quantitative estimate of drug-likeness (QED) is 0.739. The van der Waals surface area contributed by atoms with Crippen molar-refractivity contribution in [1.82, 2.24) is 4.90 Å². The Labute approximate surface area is 142 Å². The maximum Gasteiger partial charge on any atom is 0.233 e. The Morgan fingerprint density at radius 2 is 2.05 bits per heavy atom. The maximum atomic E-state index is 12.3. The number of hydrogen-bond donors (Lipinski definition) is 0. The molecule has 1 aliphatic rings. The lowest BCUT2D eigenvalue weighted by atomic mass is 10.1. The zero-order chi connectivity index (χ0) is 14.8. The summed E-state index contributed by atoms with van der Waals surface area (Å²) in [6.07, 6.45) is 0.955. The molecule has 0 spiro atoms. The normalized spacial score (nSPS) is 14.1. The fourth-order valence-corrected chi connectivity index (χ4v) is 4.78. The van der Waals surface area contributed by atoms with E-state index < -0.39 is 0 Å². The highest BCUT2D eigenvalue weighted by Gasteiger charge is 2.21. The number of rotatable bonds is 3. The Morgan fingerprint density at radius 1 is 1.29 bits per heavy atom. The zero-order valence-corrected chi connectivity index (χ0v) is 14.3. The summed E-state index contributed by atoms with van der Waals surface area (Å²) in [6.45, 7) is 1.51. The molecule has 0 N–H and O–H groups in total. The van der Waals surface area contributed by atoms with Gasteiger partial charge in [0.25, 0.3) is 0 Å². The topological polar surface area (TPSA) is 20.3 Å². The third-order valence-electron chi connectivity index (χ3n) is 3.42. The first-order chi connectivity index (χ1) is 10.1. The lowest BCUT2D eigenvalue weighted by Gasteiger charge is -2.27. The second kappa shape index (κ2) is 6.61. The number of benzene rings is 1. The number of thiophene rings is 1. The van der Waals surface area contributed by atoms with E-state index in [2.05, 4.69) is 11.4 Å². The molecule has 0 saturated heterocycles. The van der Waals surface area contributed by atoms with Crippen LogP contribution in [0.25, 0.3) is 0 Å². The number of fused-ring (bicyclic) bond motifs is 1. The second-order valence-corrected chi connectivity index (χ2v) is 7.57. The predicted molar refractivity (Wildman–Crippen MR) is 90.6 cm³/mol. The Hall–Kier alpha value is -0.680. The highest BCUT2D eigenvalue weighted by Crippen LogP contribution is 2.34. The minimum absolute atomic E-state index is 0.132. The van der Waals surface area contributed by atoms with Gasteiger partial charge in [0, 0.05) is 22.9 Å². The fourth-order valence-electron chi connectivity index (χ4n) is 2.31. The van der Waals surface area contributed by atoms with Crippen LogP contribution in [0.4, 0.5) is 0 Å². The van der Waals surface area contributed by atoms with Crippen LogP contribution in [0.3, 0.4) is 0 Å². The first-order valence-corrected chi connectivity index (χ1v) is 9.17. The molecular weight excluding hydrogens is 345 g/mol. The van der Waals surface area contributed by atoms with Crippen LogP contribution in [0.1, 0.15) is 10.4 Å². The van der Waals surface area contributed by atoms with Crippen LogP contribution < -0.4 is 0 Å². The lowest BCUT2D eigenvalue weighted by molar-refractivity contribution is -0.129. The first kappa shape index (κ1) is 15.2. The molecule has 6 heteroatoms.